The van der Waals surface area contributed by atoms with Crippen LogP contribution in [0.25, 0.3) is 0 Å². The fourth-order valence-corrected chi connectivity index (χ4v) is 0.987. The van der Waals surface area contributed by atoms with E-state index in [0.29, 0.717) is 0 Å². The van der Waals surface area contributed by atoms with Crippen LogP contribution < -0.4 is 5.73 Å². The lowest BCUT2D eigenvalue weighted by atomic mass is 10.2. The van der Waals surface area contributed by atoms with Crippen molar-refractivity contribution in [2.45, 2.75) is 26.4 Å². The molecular formula is C7H13N3. The van der Waals surface area contributed by atoms with Crippen molar-refractivity contribution < 1.29 is 0 Å². The topological polar surface area (TPSA) is 43.8 Å². The van der Waals surface area contributed by atoms with Gasteiger partial charge in [-0.05, 0) is 20.8 Å². The summed E-state index contributed by atoms with van der Waals surface area (Å²) in [5.41, 5.74) is 5.49. The standard InChI is InChI=1S/C7H13N3/c1-6-9-4-5-10(6)7(2,3)8/h4-5H,8H2,1-3H3. The fraction of sp³-hybridized carbons (Fsp3) is 0.571. The van der Waals surface area contributed by atoms with Gasteiger partial charge in [0.15, 0.2) is 0 Å². The number of hydrogen-bond donors (Lipinski definition) is 1. The molecule has 0 aliphatic carbocycles. The van der Waals surface area contributed by atoms with Crippen LogP contribution >= 0.6 is 0 Å². The molecule has 0 bridgehead atoms. The Hall–Kier alpha value is -0.830. The van der Waals surface area contributed by atoms with E-state index < -0.39 is 0 Å². The second kappa shape index (κ2) is 2.09. The third-order valence-electron chi connectivity index (χ3n) is 1.45. The highest BCUT2D eigenvalue weighted by molar-refractivity contribution is 4.93. The summed E-state index contributed by atoms with van der Waals surface area (Å²) in [6, 6.07) is 0. The third-order valence-corrected chi connectivity index (χ3v) is 1.45. The van der Waals surface area contributed by atoms with E-state index in [4.69, 9.17) is 5.73 Å². The van der Waals surface area contributed by atoms with Gasteiger partial charge in [-0.2, -0.15) is 0 Å². The molecule has 0 radical (unpaired) electrons. The third kappa shape index (κ3) is 1.19. The molecule has 56 valence electrons. The maximum absolute atomic E-state index is 5.82. The molecule has 10 heavy (non-hydrogen) atoms. The summed E-state index contributed by atoms with van der Waals surface area (Å²) in [6.07, 6.45) is 3.64. The number of aromatic nitrogens is 2. The average molecular weight is 139 g/mol. The number of imidazole rings is 1. The largest absolute Gasteiger partial charge is 0.317 e. The highest BCUT2D eigenvalue weighted by Gasteiger charge is 2.13. The number of rotatable bonds is 1. The van der Waals surface area contributed by atoms with Gasteiger partial charge in [-0.15, -0.1) is 0 Å². The van der Waals surface area contributed by atoms with Crippen molar-refractivity contribution in [2.75, 3.05) is 0 Å². The molecular weight excluding hydrogens is 126 g/mol. The molecule has 0 amide bonds. The molecule has 0 spiro atoms. The molecule has 0 aliphatic rings. The van der Waals surface area contributed by atoms with Crippen molar-refractivity contribution in [2.24, 2.45) is 5.73 Å². The second-order valence-electron chi connectivity index (χ2n) is 3.00. The highest BCUT2D eigenvalue weighted by atomic mass is 15.2. The monoisotopic (exact) mass is 139 g/mol. The van der Waals surface area contributed by atoms with E-state index in [2.05, 4.69) is 4.98 Å². The molecule has 2 N–H and O–H groups in total. The van der Waals surface area contributed by atoms with Crippen molar-refractivity contribution in [3.63, 3.8) is 0 Å². The summed E-state index contributed by atoms with van der Waals surface area (Å²) >= 11 is 0. The van der Waals surface area contributed by atoms with Gasteiger partial charge in [0.2, 0.25) is 0 Å². The van der Waals surface area contributed by atoms with E-state index in [9.17, 15) is 0 Å². The number of aryl methyl sites for hydroxylation is 1. The Morgan fingerprint density at radius 3 is 2.40 bits per heavy atom. The molecule has 1 aromatic rings. The van der Waals surface area contributed by atoms with Crippen LogP contribution in [-0.4, -0.2) is 9.55 Å². The summed E-state index contributed by atoms with van der Waals surface area (Å²) in [5, 5.41) is 0. The van der Waals surface area contributed by atoms with E-state index in [1.165, 1.54) is 0 Å². The number of hydrogen-bond acceptors (Lipinski definition) is 2. The zero-order chi connectivity index (χ0) is 7.78. The fourth-order valence-electron chi connectivity index (χ4n) is 0.987. The van der Waals surface area contributed by atoms with Crippen LogP contribution in [0.4, 0.5) is 0 Å². The van der Waals surface area contributed by atoms with Gasteiger partial charge < -0.3 is 10.3 Å². The lowest BCUT2D eigenvalue weighted by Gasteiger charge is -2.21. The summed E-state index contributed by atoms with van der Waals surface area (Å²) in [7, 11) is 0. The van der Waals surface area contributed by atoms with Gasteiger partial charge in [0.1, 0.15) is 5.82 Å². The van der Waals surface area contributed by atoms with Gasteiger partial charge in [0, 0.05) is 12.4 Å². The van der Waals surface area contributed by atoms with Gasteiger partial charge in [-0.3, -0.25) is 0 Å². The van der Waals surface area contributed by atoms with E-state index in [1.54, 1.807) is 6.20 Å². The van der Waals surface area contributed by atoms with Crippen molar-refractivity contribution >= 4 is 0 Å². The van der Waals surface area contributed by atoms with Crippen molar-refractivity contribution in [3.05, 3.63) is 18.2 Å². The summed E-state index contributed by atoms with van der Waals surface area (Å²) in [5.74, 6) is 0.951. The van der Waals surface area contributed by atoms with Gasteiger partial charge >= 0.3 is 0 Å². The number of nitrogens with zero attached hydrogens (tertiary/aromatic N) is 2. The zero-order valence-corrected chi connectivity index (χ0v) is 6.63. The minimum absolute atomic E-state index is 0.333. The Labute approximate surface area is 60.9 Å². The Morgan fingerprint density at radius 2 is 2.20 bits per heavy atom. The molecule has 0 aliphatic heterocycles. The van der Waals surface area contributed by atoms with Gasteiger partial charge in [0.05, 0.1) is 5.66 Å². The van der Waals surface area contributed by atoms with Crippen molar-refractivity contribution in [1.29, 1.82) is 0 Å². The van der Waals surface area contributed by atoms with Gasteiger partial charge in [-0.1, -0.05) is 0 Å². The maximum atomic E-state index is 5.82. The van der Waals surface area contributed by atoms with Crippen LogP contribution in [0.5, 0.6) is 0 Å². The maximum Gasteiger partial charge on any atom is 0.106 e. The smallest absolute Gasteiger partial charge is 0.106 e. The second-order valence-corrected chi connectivity index (χ2v) is 3.00. The molecule has 0 saturated carbocycles. The van der Waals surface area contributed by atoms with E-state index in [0.717, 1.165) is 5.82 Å². The molecule has 1 heterocycles. The molecule has 3 heteroatoms. The quantitative estimate of drug-likeness (QED) is 0.626. The first-order valence-electron chi connectivity index (χ1n) is 3.31. The zero-order valence-electron chi connectivity index (χ0n) is 6.63. The Balaban J connectivity index is 3.05. The molecule has 0 atom stereocenters. The molecule has 3 nitrogen and oxygen atoms in total. The lowest BCUT2D eigenvalue weighted by Crippen LogP contribution is -2.36. The average Bonchev–Trinajstić information content (AvgIpc) is 2.11. The Kier molecular flexibility index (Phi) is 1.52. The Morgan fingerprint density at radius 1 is 1.60 bits per heavy atom. The first kappa shape index (κ1) is 7.28. The molecule has 0 fully saturated rings. The van der Waals surface area contributed by atoms with Crippen LogP contribution in [0, 0.1) is 6.92 Å². The molecule has 0 unspecified atom stereocenters. The van der Waals surface area contributed by atoms with Crippen molar-refractivity contribution in [1.82, 2.24) is 9.55 Å². The normalized spacial score (nSPS) is 12.0. The van der Waals surface area contributed by atoms with E-state index in [1.807, 2.05) is 31.5 Å². The van der Waals surface area contributed by atoms with Crippen LogP contribution in [0.15, 0.2) is 12.4 Å². The molecule has 1 aromatic heterocycles. The van der Waals surface area contributed by atoms with Gasteiger partial charge in [-0.25, -0.2) is 4.98 Å². The summed E-state index contributed by atoms with van der Waals surface area (Å²) < 4.78 is 1.94. The van der Waals surface area contributed by atoms with Crippen LogP contribution in [0.2, 0.25) is 0 Å². The Bertz CT molecular complexity index is 219. The van der Waals surface area contributed by atoms with Crippen LogP contribution in [0.1, 0.15) is 19.7 Å². The highest BCUT2D eigenvalue weighted by Crippen LogP contribution is 2.08. The summed E-state index contributed by atoms with van der Waals surface area (Å²) in [6.45, 7) is 5.83. The molecule has 1 rings (SSSR count). The van der Waals surface area contributed by atoms with Gasteiger partial charge in [0.25, 0.3) is 0 Å². The first-order chi connectivity index (χ1) is 4.52. The minimum atomic E-state index is -0.333. The molecule has 0 aromatic carbocycles. The van der Waals surface area contributed by atoms with Crippen LogP contribution in [-0.2, 0) is 5.66 Å². The predicted molar refractivity (Wildman–Crippen MR) is 40.5 cm³/mol. The predicted octanol–water partition coefficient (Wildman–Crippen LogP) is 0.843. The van der Waals surface area contributed by atoms with E-state index in [-0.39, 0.29) is 5.66 Å². The lowest BCUT2D eigenvalue weighted by molar-refractivity contribution is 0.363. The summed E-state index contributed by atoms with van der Waals surface area (Å²) in [4.78, 5) is 4.07. The SMILES string of the molecule is Cc1nccn1C(C)(C)N. The first-order valence-corrected chi connectivity index (χ1v) is 3.31. The number of nitrogens with two attached hydrogens (primary N) is 1. The molecule has 0 saturated heterocycles. The van der Waals surface area contributed by atoms with Crippen LogP contribution in [0.3, 0.4) is 0 Å². The van der Waals surface area contributed by atoms with E-state index >= 15 is 0 Å². The minimum Gasteiger partial charge on any atom is -0.317 e. The van der Waals surface area contributed by atoms with Crippen molar-refractivity contribution in [3.8, 4) is 0 Å².